The Morgan fingerprint density at radius 3 is 2.35 bits per heavy atom. The van der Waals surface area contributed by atoms with Crippen LogP contribution in [0.4, 0.5) is 5.69 Å². The highest BCUT2D eigenvalue weighted by atomic mass is 16.3. The van der Waals surface area contributed by atoms with Crippen LogP contribution in [0, 0.1) is 0 Å². The third kappa shape index (κ3) is 2.79. The zero-order valence-electron chi connectivity index (χ0n) is 11.6. The van der Waals surface area contributed by atoms with E-state index >= 15 is 0 Å². The molecule has 0 amide bonds. The molecule has 0 unspecified atom stereocenters. The van der Waals surface area contributed by atoms with Gasteiger partial charge in [-0.25, -0.2) is 0 Å². The SMILES string of the molecule is CC(C)c1ccccc1NCc1ccc(O)c(O)c1O. The smallest absolute Gasteiger partial charge is 0.200 e. The molecule has 0 saturated carbocycles. The molecule has 0 heterocycles. The lowest BCUT2D eigenvalue weighted by Crippen LogP contribution is -2.03. The van der Waals surface area contributed by atoms with Gasteiger partial charge in [-0.1, -0.05) is 32.0 Å². The molecule has 0 aliphatic carbocycles. The molecule has 4 heteroatoms. The van der Waals surface area contributed by atoms with Gasteiger partial charge in [-0.15, -0.1) is 0 Å². The first-order valence-electron chi connectivity index (χ1n) is 6.56. The Hall–Kier alpha value is -2.36. The molecule has 0 radical (unpaired) electrons. The Kier molecular flexibility index (Phi) is 4.03. The quantitative estimate of drug-likeness (QED) is 0.643. The minimum Gasteiger partial charge on any atom is -0.504 e. The van der Waals surface area contributed by atoms with Crippen molar-refractivity contribution >= 4 is 5.69 Å². The van der Waals surface area contributed by atoms with Crippen LogP contribution in [0.1, 0.15) is 30.9 Å². The van der Waals surface area contributed by atoms with E-state index < -0.39 is 5.75 Å². The second-order valence-electron chi connectivity index (χ2n) is 5.04. The van der Waals surface area contributed by atoms with Crippen LogP contribution in [0.15, 0.2) is 36.4 Å². The number of benzene rings is 2. The second kappa shape index (κ2) is 5.74. The van der Waals surface area contributed by atoms with Gasteiger partial charge < -0.3 is 20.6 Å². The summed E-state index contributed by atoms with van der Waals surface area (Å²) in [6.07, 6.45) is 0. The van der Waals surface area contributed by atoms with Crippen molar-refractivity contribution in [1.29, 1.82) is 0 Å². The standard InChI is InChI=1S/C16H19NO3/c1-10(2)12-5-3-4-6-13(12)17-9-11-7-8-14(18)16(20)15(11)19/h3-8,10,17-20H,9H2,1-2H3. The fourth-order valence-corrected chi connectivity index (χ4v) is 2.11. The number of phenols is 3. The predicted molar refractivity (Wildman–Crippen MR) is 79.3 cm³/mol. The molecule has 20 heavy (non-hydrogen) atoms. The van der Waals surface area contributed by atoms with Crippen LogP contribution in [0.5, 0.6) is 17.2 Å². The van der Waals surface area contributed by atoms with E-state index in [4.69, 9.17) is 0 Å². The summed E-state index contributed by atoms with van der Waals surface area (Å²) in [5.74, 6) is -0.713. The van der Waals surface area contributed by atoms with E-state index in [-0.39, 0.29) is 11.5 Å². The van der Waals surface area contributed by atoms with Gasteiger partial charge in [0.1, 0.15) is 0 Å². The molecule has 4 nitrogen and oxygen atoms in total. The third-order valence-corrected chi connectivity index (χ3v) is 3.27. The van der Waals surface area contributed by atoms with Gasteiger partial charge in [-0.3, -0.25) is 0 Å². The summed E-state index contributed by atoms with van der Waals surface area (Å²) in [5.41, 5.74) is 2.71. The molecule has 2 rings (SSSR count). The van der Waals surface area contributed by atoms with Crippen molar-refractivity contribution in [3.63, 3.8) is 0 Å². The number of phenolic OH excluding ortho intramolecular Hbond substituents is 3. The molecule has 0 saturated heterocycles. The van der Waals surface area contributed by atoms with Gasteiger partial charge in [0.25, 0.3) is 0 Å². The highest BCUT2D eigenvalue weighted by molar-refractivity contribution is 5.56. The molecule has 0 fully saturated rings. The molecule has 4 N–H and O–H groups in total. The molecule has 0 spiro atoms. The molecule has 2 aromatic carbocycles. The average molecular weight is 273 g/mol. The Morgan fingerprint density at radius 2 is 1.65 bits per heavy atom. The van der Waals surface area contributed by atoms with Crippen molar-refractivity contribution in [2.24, 2.45) is 0 Å². The van der Waals surface area contributed by atoms with E-state index in [9.17, 15) is 15.3 Å². The molecular formula is C16H19NO3. The fourth-order valence-electron chi connectivity index (χ4n) is 2.11. The van der Waals surface area contributed by atoms with Crippen LogP contribution in [0.25, 0.3) is 0 Å². The second-order valence-corrected chi connectivity index (χ2v) is 5.04. The maximum Gasteiger partial charge on any atom is 0.200 e. The monoisotopic (exact) mass is 273 g/mol. The molecule has 0 aliphatic rings. The van der Waals surface area contributed by atoms with E-state index in [1.807, 2.05) is 18.2 Å². The Morgan fingerprint density at radius 1 is 0.950 bits per heavy atom. The molecule has 0 bridgehead atoms. The third-order valence-electron chi connectivity index (χ3n) is 3.27. The Balaban J connectivity index is 2.20. The van der Waals surface area contributed by atoms with Crippen molar-refractivity contribution in [3.8, 4) is 17.2 Å². The number of rotatable bonds is 4. The van der Waals surface area contributed by atoms with Crippen LogP contribution in [-0.2, 0) is 6.54 Å². The summed E-state index contributed by atoms with van der Waals surface area (Å²) in [6.45, 7) is 4.60. The molecule has 0 aromatic heterocycles. The lowest BCUT2D eigenvalue weighted by Gasteiger charge is -2.15. The van der Waals surface area contributed by atoms with E-state index in [1.54, 1.807) is 6.07 Å². The van der Waals surface area contributed by atoms with Gasteiger partial charge in [0.05, 0.1) is 0 Å². The summed E-state index contributed by atoms with van der Waals surface area (Å²) < 4.78 is 0. The lowest BCUT2D eigenvalue weighted by molar-refractivity contribution is 0.365. The largest absolute Gasteiger partial charge is 0.504 e. The Labute approximate surface area is 118 Å². The number of hydrogen-bond donors (Lipinski definition) is 4. The molecule has 0 atom stereocenters. The summed E-state index contributed by atoms with van der Waals surface area (Å²) in [7, 11) is 0. The average Bonchev–Trinajstić information content (AvgIpc) is 2.44. The zero-order chi connectivity index (χ0) is 14.7. The van der Waals surface area contributed by atoms with Gasteiger partial charge in [0, 0.05) is 17.8 Å². The molecule has 106 valence electrons. The lowest BCUT2D eigenvalue weighted by atomic mass is 10.0. The highest BCUT2D eigenvalue weighted by Gasteiger charge is 2.11. The fraction of sp³-hybridized carbons (Fsp3) is 0.250. The van der Waals surface area contributed by atoms with Gasteiger partial charge >= 0.3 is 0 Å². The van der Waals surface area contributed by atoms with Gasteiger partial charge in [-0.2, -0.15) is 0 Å². The van der Waals surface area contributed by atoms with Gasteiger partial charge in [-0.05, 0) is 29.7 Å². The van der Waals surface area contributed by atoms with Gasteiger partial charge in [0.15, 0.2) is 11.5 Å². The normalized spacial score (nSPS) is 10.8. The van der Waals surface area contributed by atoms with Crippen LogP contribution >= 0.6 is 0 Å². The molecular weight excluding hydrogens is 254 g/mol. The maximum absolute atomic E-state index is 9.78. The number of aromatic hydroxyl groups is 3. The summed E-state index contributed by atoms with van der Waals surface area (Å²) in [6, 6.07) is 10.9. The van der Waals surface area contributed by atoms with Crippen molar-refractivity contribution < 1.29 is 15.3 Å². The number of anilines is 1. The van der Waals surface area contributed by atoms with E-state index in [0.29, 0.717) is 18.0 Å². The first-order chi connectivity index (χ1) is 9.50. The first-order valence-corrected chi connectivity index (χ1v) is 6.56. The summed E-state index contributed by atoms with van der Waals surface area (Å²) in [5, 5.41) is 31.8. The van der Waals surface area contributed by atoms with E-state index in [0.717, 1.165) is 5.69 Å². The Bertz CT molecular complexity index is 609. The maximum atomic E-state index is 9.78. The first kappa shape index (κ1) is 14.1. The van der Waals surface area contributed by atoms with Gasteiger partial charge in [0.2, 0.25) is 5.75 Å². The number of para-hydroxylation sites is 1. The molecule has 2 aromatic rings. The minimum absolute atomic E-state index is 0.292. The summed E-state index contributed by atoms with van der Waals surface area (Å²) in [4.78, 5) is 0. The topological polar surface area (TPSA) is 72.7 Å². The van der Waals surface area contributed by atoms with Crippen molar-refractivity contribution in [1.82, 2.24) is 0 Å². The number of hydrogen-bond acceptors (Lipinski definition) is 4. The van der Waals surface area contributed by atoms with E-state index in [1.165, 1.54) is 11.6 Å². The molecule has 0 aliphatic heterocycles. The minimum atomic E-state index is -0.485. The number of nitrogens with one attached hydrogen (secondary N) is 1. The van der Waals surface area contributed by atoms with Crippen molar-refractivity contribution in [3.05, 3.63) is 47.5 Å². The van der Waals surface area contributed by atoms with Crippen LogP contribution in [0.2, 0.25) is 0 Å². The van der Waals surface area contributed by atoms with Crippen molar-refractivity contribution in [2.45, 2.75) is 26.3 Å². The van der Waals surface area contributed by atoms with E-state index in [2.05, 4.69) is 25.2 Å². The van der Waals surface area contributed by atoms with Crippen molar-refractivity contribution in [2.75, 3.05) is 5.32 Å². The predicted octanol–water partition coefficient (Wildman–Crippen LogP) is 3.54. The zero-order valence-corrected chi connectivity index (χ0v) is 11.6. The summed E-state index contributed by atoms with van der Waals surface area (Å²) >= 11 is 0. The van der Waals surface area contributed by atoms with Crippen LogP contribution in [-0.4, -0.2) is 15.3 Å². The highest BCUT2D eigenvalue weighted by Crippen LogP contribution is 2.37. The van der Waals surface area contributed by atoms with Crippen LogP contribution < -0.4 is 5.32 Å². The van der Waals surface area contributed by atoms with Crippen LogP contribution in [0.3, 0.4) is 0 Å².